The van der Waals surface area contributed by atoms with Gasteiger partial charge in [-0.2, -0.15) is 0 Å². The van der Waals surface area contributed by atoms with Crippen LogP contribution in [0.1, 0.15) is 89.5 Å². The summed E-state index contributed by atoms with van der Waals surface area (Å²) in [5, 5.41) is 9.61. The largest absolute Gasteiger partial charge is 0.493 e. The SMILES string of the molecule is CCCCCCCCCCc1cnc(-c2ccc(OC[C@H]3CC[C@H](O)CC3)cc2)nc1. The number of hydrogen-bond acceptors (Lipinski definition) is 4. The second-order valence-electron chi connectivity index (χ2n) is 9.15. The number of benzene rings is 1. The van der Waals surface area contributed by atoms with Gasteiger partial charge in [0.15, 0.2) is 5.82 Å². The quantitative estimate of drug-likeness (QED) is 0.361. The van der Waals surface area contributed by atoms with Gasteiger partial charge < -0.3 is 9.84 Å². The lowest BCUT2D eigenvalue weighted by molar-refractivity contribution is 0.0917. The number of nitrogens with zero attached hydrogens (tertiary/aromatic N) is 2. The molecule has 0 bridgehead atoms. The average Bonchev–Trinajstić information content (AvgIpc) is 2.81. The van der Waals surface area contributed by atoms with E-state index in [1.165, 1.54) is 56.9 Å². The van der Waals surface area contributed by atoms with Crippen LogP contribution in [0.5, 0.6) is 5.75 Å². The molecule has 1 aliphatic carbocycles. The molecule has 0 atom stereocenters. The Balaban J connectivity index is 1.36. The molecule has 4 heteroatoms. The van der Waals surface area contributed by atoms with Crippen LogP contribution in [-0.4, -0.2) is 27.8 Å². The third-order valence-corrected chi connectivity index (χ3v) is 6.44. The Kier molecular flexibility index (Phi) is 10.3. The Labute approximate surface area is 188 Å². The summed E-state index contributed by atoms with van der Waals surface area (Å²) in [6.45, 7) is 3.00. The van der Waals surface area contributed by atoms with Gasteiger partial charge in [-0.25, -0.2) is 9.97 Å². The van der Waals surface area contributed by atoms with Crippen molar-refractivity contribution < 1.29 is 9.84 Å². The molecule has 1 heterocycles. The maximum absolute atomic E-state index is 9.61. The van der Waals surface area contributed by atoms with Crippen molar-refractivity contribution in [2.24, 2.45) is 5.92 Å². The van der Waals surface area contributed by atoms with Crippen molar-refractivity contribution in [3.05, 3.63) is 42.2 Å². The summed E-state index contributed by atoms with van der Waals surface area (Å²) in [6, 6.07) is 8.08. The van der Waals surface area contributed by atoms with Gasteiger partial charge >= 0.3 is 0 Å². The fourth-order valence-electron chi connectivity index (χ4n) is 4.32. The Morgan fingerprint density at radius 1 is 0.839 bits per heavy atom. The molecule has 2 aromatic rings. The zero-order chi connectivity index (χ0) is 21.7. The predicted octanol–water partition coefficient (Wildman–Crippen LogP) is 6.76. The van der Waals surface area contributed by atoms with Gasteiger partial charge in [0.05, 0.1) is 12.7 Å². The average molecular weight is 425 g/mol. The molecule has 1 saturated carbocycles. The Hall–Kier alpha value is -1.94. The summed E-state index contributed by atoms with van der Waals surface area (Å²) >= 11 is 0. The molecule has 3 rings (SSSR count). The molecule has 0 amide bonds. The third-order valence-electron chi connectivity index (χ3n) is 6.44. The number of ether oxygens (including phenoxy) is 1. The fourth-order valence-corrected chi connectivity index (χ4v) is 4.32. The van der Waals surface area contributed by atoms with Crippen LogP contribution >= 0.6 is 0 Å². The summed E-state index contributed by atoms with van der Waals surface area (Å²) in [5.74, 6) is 2.22. The topological polar surface area (TPSA) is 55.2 Å². The lowest BCUT2D eigenvalue weighted by Gasteiger charge is -2.25. The van der Waals surface area contributed by atoms with Gasteiger partial charge in [-0.1, -0.05) is 51.9 Å². The highest BCUT2D eigenvalue weighted by Gasteiger charge is 2.19. The summed E-state index contributed by atoms with van der Waals surface area (Å²) in [6.07, 6.45) is 19.6. The van der Waals surface area contributed by atoms with Crippen LogP contribution in [0.25, 0.3) is 11.4 Å². The molecule has 170 valence electrons. The fraction of sp³-hybridized carbons (Fsp3) is 0.630. The maximum atomic E-state index is 9.61. The van der Waals surface area contributed by atoms with E-state index in [1.54, 1.807) is 0 Å². The van der Waals surface area contributed by atoms with Gasteiger partial charge in [-0.15, -0.1) is 0 Å². The van der Waals surface area contributed by atoms with E-state index in [0.29, 0.717) is 5.92 Å². The van der Waals surface area contributed by atoms with Gasteiger partial charge in [0.25, 0.3) is 0 Å². The van der Waals surface area contributed by atoms with Crippen LogP contribution in [0, 0.1) is 5.92 Å². The van der Waals surface area contributed by atoms with E-state index in [2.05, 4.69) is 16.9 Å². The smallest absolute Gasteiger partial charge is 0.159 e. The number of hydrogen-bond donors (Lipinski definition) is 1. The van der Waals surface area contributed by atoms with Crippen LogP contribution in [0.4, 0.5) is 0 Å². The lowest BCUT2D eigenvalue weighted by atomic mass is 9.88. The number of aliphatic hydroxyl groups excluding tert-OH is 1. The summed E-state index contributed by atoms with van der Waals surface area (Å²) < 4.78 is 5.96. The molecule has 1 fully saturated rings. The van der Waals surface area contributed by atoms with Crippen LogP contribution in [-0.2, 0) is 6.42 Å². The highest BCUT2D eigenvalue weighted by atomic mass is 16.5. The number of aryl methyl sites for hydroxylation is 1. The summed E-state index contributed by atoms with van der Waals surface area (Å²) in [5.41, 5.74) is 2.25. The molecule has 0 radical (unpaired) electrons. The van der Waals surface area contributed by atoms with Crippen molar-refractivity contribution in [2.75, 3.05) is 6.61 Å². The van der Waals surface area contributed by atoms with Crippen LogP contribution < -0.4 is 4.74 Å². The normalized spacial score (nSPS) is 18.8. The predicted molar refractivity (Wildman–Crippen MR) is 127 cm³/mol. The van der Waals surface area contributed by atoms with Gasteiger partial charge in [-0.3, -0.25) is 0 Å². The first kappa shape index (κ1) is 23.7. The van der Waals surface area contributed by atoms with Crippen molar-refractivity contribution >= 4 is 0 Å². The molecule has 31 heavy (non-hydrogen) atoms. The molecule has 1 aromatic heterocycles. The van der Waals surface area contributed by atoms with Crippen molar-refractivity contribution in [3.8, 4) is 17.1 Å². The zero-order valence-corrected chi connectivity index (χ0v) is 19.3. The molecule has 0 saturated heterocycles. The van der Waals surface area contributed by atoms with Gasteiger partial charge in [-0.05, 0) is 74.3 Å². The Morgan fingerprint density at radius 3 is 2.10 bits per heavy atom. The Morgan fingerprint density at radius 2 is 1.45 bits per heavy atom. The molecular formula is C27H40N2O2. The minimum atomic E-state index is -0.109. The summed E-state index contributed by atoms with van der Waals surface area (Å²) in [7, 11) is 0. The van der Waals surface area contributed by atoms with Gasteiger partial charge in [0.2, 0.25) is 0 Å². The first-order valence-electron chi connectivity index (χ1n) is 12.5. The van der Waals surface area contributed by atoms with Crippen molar-refractivity contribution in [1.82, 2.24) is 9.97 Å². The number of unbranched alkanes of at least 4 members (excludes halogenated alkanes) is 7. The number of aromatic nitrogens is 2. The molecule has 0 spiro atoms. The second kappa shape index (κ2) is 13.5. The van der Waals surface area contributed by atoms with Crippen LogP contribution in [0.2, 0.25) is 0 Å². The molecule has 0 unspecified atom stereocenters. The minimum absolute atomic E-state index is 0.109. The number of aliphatic hydroxyl groups is 1. The highest BCUT2D eigenvalue weighted by molar-refractivity contribution is 5.55. The first-order valence-corrected chi connectivity index (χ1v) is 12.5. The number of rotatable bonds is 13. The highest BCUT2D eigenvalue weighted by Crippen LogP contribution is 2.26. The van der Waals surface area contributed by atoms with E-state index in [4.69, 9.17) is 4.74 Å². The van der Waals surface area contributed by atoms with E-state index in [-0.39, 0.29) is 6.10 Å². The molecule has 1 N–H and O–H groups in total. The van der Waals surface area contributed by atoms with Crippen LogP contribution in [0.15, 0.2) is 36.7 Å². The first-order chi connectivity index (χ1) is 15.2. The van der Waals surface area contributed by atoms with Crippen LogP contribution in [0.3, 0.4) is 0 Å². The van der Waals surface area contributed by atoms with Gasteiger partial charge in [0.1, 0.15) is 5.75 Å². The minimum Gasteiger partial charge on any atom is -0.493 e. The van der Waals surface area contributed by atoms with Crippen molar-refractivity contribution in [1.29, 1.82) is 0 Å². The van der Waals surface area contributed by atoms with Gasteiger partial charge in [0, 0.05) is 18.0 Å². The molecular weight excluding hydrogens is 384 g/mol. The molecule has 1 aromatic carbocycles. The summed E-state index contributed by atoms with van der Waals surface area (Å²) in [4.78, 5) is 9.16. The standard InChI is InChI=1S/C27H40N2O2/c1-2-3-4-5-6-7-8-9-10-23-19-28-27(29-20-23)24-13-17-26(18-14-24)31-21-22-11-15-25(30)16-12-22/h13-14,17-20,22,25,30H,2-12,15-16,21H2,1H3/t22-,25-. The molecule has 1 aliphatic rings. The molecule has 4 nitrogen and oxygen atoms in total. The third kappa shape index (κ3) is 8.60. The Bertz CT molecular complexity index is 722. The zero-order valence-electron chi connectivity index (χ0n) is 19.3. The van der Waals surface area contributed by atoms with E-state index in [1.807, 2.05) is 36.7 Å². The van der Waals surface area contributed by atoms with E-state index < -0.39 is 0 Å². The lowest BCUT2D eigenvalue weighted by Crippen LogP contribution is -2.22. The van der Waals surface area contributed by atoms with Crippen molar-refractivity contribution in [3.63, 3.8) is 0 Å². The van der Waals surface area contributed by atoms with E-state index in [0.717, 1.165) is 55.8 Å². The van der Waals surface area contributed by atoms with E-state index >= 15 is 0 Å². The van der Waals surface area contributed by atoms with E-state index in [9.17, 15) is 5.11 Å². The monoisotopic (exact) mass is 424 g/mol. The second-order valence-corrected chi connectivity index (χ2v) is 9.15. The molecule has 0 aliphatic heterocycles. The van der Waals surface area contributed by atoms with Crippen molar-refractivity contribution in [2.45, 2.75) is 96.5 Å². The maximum Gasteiger partial charge on any atom is 0.159 e.